The summed E-state index contributed by atoms with van der Waals surface area (Å²) in [6, 6.07) is -0.408. The van der Waals surface area contributed by atoms with Crippen molar-refractivity contribution in [2.24, 2.45) is 5.92 Å². The van der Waals surface area contributed by atoms with E-state index in [2.05, 4.69) is 24.3 Å². The maximum atomic E-state index is 11.6. The molecule has 0 radical (unpaired) electrons. The largest absolute Gasteiger partial charge is 0.396 e. The summed E-state index contributed by atoms with van der Waals surface area (Å²) in [6.07, 6.45) is -1.08. The van der Waals surface area contributed by atoms with Crippen molar-refractivity contribution in [1.29, 1.82) is 0 Å². The van der Waals surface area contributed by atoms with E-state index in [0.29, 0.717) is 12.8 Å². The Kier molecular flexibility index (Phi) is 8.81. The van der Waals surface area contributed by atoms with Gasteiger partial charge in [0.05, 0.1) is 18.2 Å². The van der Waals surface area contributed by atoms with Crippen molar-refractivity contribution in [2.45, 2.75) is 63.6 Å². The third-order valence-electron chi connectivity index (χ3n) is 4.09. The van der Waals surface area contributed by atoms with E-state index in [1.54, 1.807) is 0 Å². The molecule has 1 fully saturated rings. The van der Waals surface area contributed by atoms with Gasteiger partial charge in [-0.1, -0.05) is 0 Å². The van der Waals surface area contributed by atoms with Gasteiger partial charge in [0.1, 0.15) is 18.3 Å². The van der Waals surface area contributed by atoms with E-state index in [1.807, 2.05) is 13.8 Å². The fourth-order valence-electron chi connectivity index (χ4n) is 3.21. The van der Waals surface area contributed by atoms with Crippen molar-refractivity contribution in [3.63, 3.8) is 0 Å². The Balaban J connectivity index is 3.05. The van der Waals surface area contributed by atoms with E-state index < -0.39 is 30.0 Å². The Morgan fingerprint density at radius 1 is 1.48 bits per heavy atom. The summed E-state index contributed by atoms with van der Waals surface area (Å²) in [4.78, 5) is 11.6. The topological polar surface area (TPSA) is 97.3 Å². The van der Waals surface area contributed by atoms with Crippen LogP contribution in [-0.4, -0.2) is 59.3 Å². The quantitative estimate of drug-likeness (QED) is 0.536. The molecular weight excluding hydrogens is 340 g/mol. The Morgan fingerprint density at radius 2 is 2.13 bits per heavy atom. The average Bonchev–Trinajstić information content (AvgIpc) is 2.46. The molecular formula is C14H29NO6P2. The summed E-state index contributed by atoms with van der Waals surface area (Å²) in [7, 11) is 4.23. The maximum absolute atomic E-state index is 11.6. The molecule has 1 heterocycles. The van der Waals surface area contributed by atoms with E-state index in [0.717, 1.165) is 0 Å². The van der Waals surface area contributed by atoms with Crippen LogP contribution in [0, 0.1) is 5.92 Å². The molecule has 0 saturated carbocycles. The van der Waals surface area contributed by atoms with Gasteiger partial charge in [-0.2, -0.15) is 0 Å². The van der Waals surface area contributed by atoms with Crippen molar-refractivity contribution in [1.82, 2.24) is 5.32 Å². The van der Waals surface area contributed by atoms with Gasteiger partial charge in [0.2, 0.25) is 5.91 Å². The molecule has 1 saturated heterocycles. The first-order chi connectivity index (χ1) is 10.8. The first-order valence-corrected chi connectivity index (χ1v) is 8.61. The van der Waals surface area contributed by atoms with Crippen molar-refractivity contribution in [3.8, 4) is 0 Å². The van der Waals surface area contributed by atoms with E-state index in [1.165, 1.54) is 6.92 Å². The molecule has 136 valence electrons. The van der Waals surface area contributed by atoms with Crippen molar-refractivity contribution >= 4 is 24.8 Å². The Hall–Kier alpha value is 0.130. The fraction of sp³-hybridized carbons (Fsp3) is 0.929. The standard InChI is InChI=1S/C14H29NO6P2/c1-8(17)15-11-9(4-5-16)6-14(2,3)20-13(11)12(18)10(21-23)7-19-22/h9-13,16,18H,4-7,22-23H2,1-3H3,(H,15,17)/t9-,10+,11+,12+,13+/m0/s1. The monoisotopic (exact) mass is 369 g/mol. The molecule has 0 bridgehead atoms. The highest BCUT2D eigenvalue weighted by atomic mass is 31.0. The van der Waals surface area contributed by atoms with E-state index in [9.17, 15) is 15.0 Å². The van der Waals surface area contributed by atoms with Crippen LogP contribution in [0.4, 0.5) is 0 Å². The molecule has 7 atom stereocenters. The second-order valence-corrected chi connectivity index (χ2v) is 7.15. The normalized spacial score (nSPS) is 29.8. The first-order valence-electron chi connectivity index (χ1n) is 7.66. The lowest BCUT2D eigenvalue weighted by Gasteiger charge is -2.48. The fourth-order valence-corrected chi connectivity index (χ4v) is 3.63. The highest BCUT2D eigenvalue weighted by molar-refractivity contribution is 7.10. The molecule has 0 aromatic rings. The van der Waals surface area contributed by atoms with E-state index in [-0.39, 0.29) is 25.0 Å². The molecule has 1 amide bonds. The SMILES string of the molecule is CC(=O)N[C@@H]1[C@@H](CCO)CC(C)(C)O[C@H]1[C@H](O)[C@@H](COP)OP. The van der Waals surface area contributed by atoms with Gasteiger partial charge in [-0.3, -0.25) is 4.79 Å². The number of ether oxygens (including phenoxy) is 1. The number of hydrogen-bond donors (Lipinski definition) is 3. The molecule has 0 aliphatic carbocycles. The van der Waals surface area contributed by atoms with Gasteiger partial charge in [-0.05, 0) is 32.6 Å². The molecule has 2 unspecified atom stereocenters. The molecule has 9 heteroatoms. The number of aliphatic hydroxyl groups excluding tert-OH is 2. The van der Waals surface area contributed by atoms with Gasteiger partial charge in [0.25, 0.3) is 0 Å². The third-order valence-corrected chi connectivity index (χ3v) is 4.64. The lowest BCUT2D eigenvalue weighted by Crippen LogP contribution is -2.62. The molecule has 23 heavy (non-hydrogen) atoms. The van der Waals surface area contributed by atoms with Gasteiger partial charge in [0, 0.05) is 32.5 Å². The summed E-state index contributed by atoms with van der Waals surface area (Å²) in [5.41, 5.74) is -0.478. The van der Waals surface area contributed by atoms with Gasteiger partial charge >= 0.3 is 0 Å². The highest BCUT2D eigenvalue weighted by Crippen LogP contribution is 2.36. The van der Waals surface area contributed by atoms with Crippen LogP contribution in [0.5, 0.6) is 0 Å². The molecule has 0 aromatic heterocycles. The molecule has 3 N–H and O–H groups in total. The summed E-state index contributed by atoms with van der Waals surface area (Å²) in [6.45, 7) is 5.47. The smallest absolute Gasteiger partial charge is 0.217 e. The minimum atomic E-state index is -0.995. The summed E-state index contributed by atoms with van der Waals surface area (Å²) < 4.78 is 16.3. The third kappa shape index (κ3) is 6.17. The lowest BCUT2D eigenvalue weighted by atomic mass is 9.78. The Labute approximate surface area is 142 Å². The average molecular weight is 369 g/mol. The number of carbonyl (C=O) groups excluding carboxylic acids is 1. The zero-order valence-corrected chi connectivity index (χ0v) is 16.2. The number of rotatable bonds is 8. The summed E-state index contributed by atoms with van der Waals surface area (Å²) >= 11 is 0. The number of nitrogens with one attached hydrogen (secondary N) is 1. The van der Waals surface area contributed by atoms with Crippen molar-refractivity contribution in [2.75, 3.05) is 13.2 Å². The molecule has 7 nitrogen and oxygen atoms in total. The van der Waals surface area contributed by atoms with E-state index in [4.69, 9.17) is 13.8 Å². The number of hydrogen-bond acceptors (Lipinski definition) is 6. The second-order valence-electron chi connectivity index (χ2n) is 6.54. The minimum absolute atomic E-state index is 0.00520. The van der Waals surface area contributed by atoms with Crippen molar-refractivity contribution < 1.29 is 28.8 Å². The molecule has 1 aliphatic heterocycles. The van der Waals surface area contributed by atoms with Crippen LogP contribution in [0.25, 0.3) is 0 Å². The maximum Gasteiger partial charge on any atom is 0.217 e. The highest BCUT2D eigenvalue weighted by Gasteiger charge is 2.47. The van der Waals surface area contributed by atoms with Crippen LogP contribution < -0.4 is 5.32 Å². The zero-order chi connectivity index (χ0) is 17.6. The molecule has 1 aliphatic rings. The number of amides is 1. The Morgan fingerprint density at radius 3 is 2.61 bits per heavy atom. The summed E-state index contributed by atoms with van der Waals surface area (Å²) in [5.74, 6) is -0.210. The lowest BCUT2D eigenvalue weighted by molar-refractivity contribution is -0.196. The van der Waals surface area contributed by atoms with Crippen LogP contribution >= 0.6 is 18.9 Å². The van der Waals surface area contributed by atoms with Crippen LogP contribution in [0.1, 0.15) is 33.6 Å². The number of aliphatic hydroxyl groups is 2. The van der Waals surface area contributed by atoms with Crippen LogP contribution in [-0.2, 0) is 18.6 Å². The predicted octanol–water partition coefficient (Wildman–Crippen LogP) is 0.400. The molecule has 1 rings (SSSR count). The Bertz CT molecular complexity index is 384. The van der Waals surface area contributed by atoms with Crippen LogP contribution in [0.15, 0.2) is 0 Å². The first kappa shape index (κ1) is 21.2. The zero-order valence-electron chi connectivity index (χ0n) is 13.9. The van der Waals surface area contributed by atoms with Crippen LogP contribution in [0.2, 0.25) is 0 Å². The van der Waals surface area contributed by atoms with Gasteiger partial charge < -0.3 is 29.3 Å². The van der Waals surface area contributed by atoms with Crippen LogP contribution in [0.3, 0.4) is 0 Å². The summed E-state index contributed by atoms with van der Waals surface area (Å²) in [5, 5.41) is 22.9. The molecule has 0 aromatic carbocycles. The predicted molar refractivity (Wildman–Crippen MR) is 92.6 cm³/mol. The van der Waals surface area contributed by atoms with Gasteiger partial charge in [0.15, 0.2) is 0 Å². The van der Waals surface area contributed by atoms with E-state index >= 15 is 0 Å². The molecule has 0 spiro atoms. The van der Waals surface area contributed by atoms with Gasteiger partial charge in [-0.25, -0.2) is 0 Å². The second kappa shape index (κ2) is 9.57. The minimum Gasteiger partial charge on any atom is -0.396 e. The number of carbonyl (C=O) groups is 1. The van der Waals surface area contributed by atoms with Crippen molar-refractivity contribution in [3.05, 3.63) is 0 Å². The van der Waals surface area contributed by atoms with Gasteiger partial charge in [-0.15, -0.1) is 0 Å².